The Morgan fingerprint density at radius 3 is 2.65 bits per heavy atom. The number of nitrogen functional groups attached to an aromatic ring is 1. The van der Waals surface area contributed by atoms with E-state index in [0.29, 0.717) is 30.4 Å². The van der Waals surface area contributed by atoms with E-state index in [1.807, 2.05) is 32.7 Å². The van der Waals surface area contributed by atoms with Crippen molar-refractivity contribution in [3.05, 3.63) is 11.0 Å². The first-order chi connectivity index (χ1) is 7.91. The van der Waals surface area contributed by atoms with Crippen molar-refractivity contribution >= 4 is 23.1 Å². The summed E-state index contributed by atoms with van der Waals surface area (Å²) in [4.78, 5) is 10.0. The lowest BCUT2D eigenvalue weighted by Crippen LogP contribution is -2.26. The van der Waals surface area contributed by atoms with Gasteiger partial charge in [0.1, 0.15) is 0 Å². The number of nitrogens with two attached hydrogens (primary N) is 1. The minimum atomic E-state index is 0.211. The second-order valence-electron chi connectivity index (χ2n) is 4.16. The third-order valence-corrected chi connectivity index (χ3v) is 2.50. The highest BCUT2D eigenvalue weighted by atomic mass is 35.5. The Morgan fingerprint density at radius 1 is 1.41 bits per heavy atom. The number of anilines is 2. The van der Waals surface area contributed by atoms with Crippen LogP contribution >= 0.6 is 11.6 Å². The number of halogens is 1. The van der Waals surface area contributed by atoms with E-state index in [9.17, 15) is 0 Å². The van der Waals surface area contributed by atoms with Crippen LogP contribution in [-0.2, 0) is 4.74 Å². The number of nitrogens with zero attached hydrogens (tertiary/aromatic N) is 3. The molecule has 0 saturated carbocycles. The van der Waals surface area contributed by atoms with Gasteiger partial charge < -0.3 is 15.4 Å². The molecule has 2 N–H and O–H groups in total. The topological polar surface area (TPSA) is 64.3 Å². The molecule has 6 heteroatoms. The van der Waals surface area contributed by atoms with Gasteiger partial charge in [0.2, 0.25) is 5.28 Å². The van der Waals surface area contributed by atoms with E-state index < -0.39 is 0 Å². The van der Waals surface area contributed by atoms with Gasteiger partial charge in [-0.15, -0.1) is 0 Å². The molecule has 0 radical (unpaired) electrons. The van der Waals surface area contributed by atoms with Crippen molar-refractivity contribution in [3.8, 4) is 0 Å². The minimum Gasteiger partial charge on any atom is -0.394 e. The Bertz CT molecular complexity index is 384. The first-order valence-electron chi connectivity index (χ1n) is 5.54. The molecule has 0 aliphatic rings. The fourth-order valence-corrected chi connectivity index (χ4v) is 1.56. The molecule has 0 fully saturated rings. The van der Waals surface area contributed by atoms with Crippen molar-refractivity contribution in [2.24, 2.45) is 0 Å². The molecule has 1 aromatic heterocycles. The van der Waals surface area contributed by atoms with Crippen LogP contribution in [0.3, 0.4) is 0 Å². The maximum absolute atomic E-state index is 5.92. The fourth-order valence-electron chi connectivity index (χ4n) is 1.36. The third kappa shape index (κ3) is 4.02. The SMILES string of the molecule is Cc1nc(Cl)nc(N(C)CCOC(C)C)c1N. The molecule has 1 rings (SSSR count). The molecule has 0 saturated heterocycles. The first kappa shape index (κ1) is 14.0. The van der Waals surface area contributed by atoms with Crippen molar-refractivity contribution in [3.63, 3.8) is 0 Å². The second-order valence-corrected chi connectivity index (χ2v) is 4.49. The van der Waals surface area contributed by atoms with E-state index in [2.05, 4.69) is 9.97 Å². The van der Waals surface area contributed by atoms with Crippen LogP contribution in [-0.4, -0.2) is 36.3 Å². The summed E-state index contributed by atoms with van der Waals surface area (Å²) >= 11 is 5.81. The monoisotopic (exact) mass is 258 g/mol. The van der Waals surface area contributed by atoms with Crippen LogP contribution in [0.2, 0.25) is 5.28 Å². The van der Waals surface area contributed by atoms with Crippen molar-refractivity contribution < 1.29 is 4.74 Å². The van der Waals surface area contributed by atoms with E-state index in [1.165, 1.54) is 0 Å². The molecule has 0 atom stereocenters. The van der Waals surface area contributed by atoms with Crippen LogP contribution in [0.25, 0.3) is 0 Å². The van der Waals surface area contributed by atoms with Crippen molar-refractivity contribution in [2.45, 2.75) is 26.9 Å². The molecule has 5 nitrogen and oxygen atoms in total. The Kier molecular flexibility index (Phi) is 4.96. The zero-order valence-electron chi connectivity index (χ0n) is 10.7. The summed E-state index contributed by atoms with van der Waals surface area (Å²) in [6.07, 6.45) is 0.219. The van der Waals surface area contributed by atoms with Crippen LogP contribution in [0, 0.1) is 6.92 Å². The lowest BCUT2D eigenvalue weighted by Gasteiger charge is -2.21. The number of ether oxygens (including phenoxy) is 1. The van der Waals surface area contributed by atoms with Gasteiger partial charge >= 0.3 is 0 Å². The number of likely N-dealkylation sites (N-methyl/N-ethyl adjacent to an activating group) is 1. The number of aryl methyl sites for hydroxylation is 1. The predicted molar refractivity (Wildman–Crippen MR) is 70.5 cm³/mol. The molecular weight excluding hydrogens is 240 g/mol. The van der Waals surface area contributed by atoms with Gasteiger partial charge in [-0.25, -0.2) is 4.98 Å². The standard InChI is InChI=1S/C11H19ClN4O/c1-7(2)17-6-5-16(4)10-9(13)8(3)14-11(12)15-10/h7H,5-6,13H2,1-4H3. The van der Waals surface area contributed by atoms with Gasteiger partial charge in [0.15, 0.2) is 5.82 Å². The lowest BCUT2D eigenvalue weighted by molar-refractivity contribution is 0.0845. The van der Waals surface area contributed by atoms with Gasteiger partial charge in [0.25, 0.3) is 0 Å². The van der Waals surface area contributed by atoms with Crippen LogP contribution in [0.5, 0.6) is 0 Å². The maximum Gasteiger partial charge on any atom is 0.224 e. The molecule has 0 aliphatic carbocycles. The number of aromatic nitrogens is 2. The van der Waals surface area contributed by atoms with Crippen LogP contribution in [0.1, 0.15) is 19.5 Å². The summed E-state index contributed by atoms with van der Waals surface area (Å²) < 4.78 is 5.48. The molecular formula is C11H19ClN4O. The summed E-state index contributed by atoms with van der Waals surface area (Å²) in [5, 5.41) is 0.211. The highest BCUT2D eigenvalue weighted by Crippen LogP contribution is 2.23. The van der Waals surface area contributed by atoms with Crippen molar-refractivity contribution in [1.82, 2.24) is 9.97 Å². The van der Waals surface area contributed by atoms with Gasteiger partial charge in [0, 0.05) is 13.6 Å². The summed E-state index contributed by atoms with van der Waals surface area (Å²) in [6, 6.07) is 0. The van der Waals surface area contributed by atoms with E-state index in [-0.39, 0.29) is 11.4 Å². The van der Waals surface area contributed by atoms with Gasteiger partial charge in [-0.05, 0) is 32.4 Å². The summed E-state index contributed by atoms with van der Waals surface area (Å²) in [6.45, 7) is 7.13. The Hall–Kier alpha value is -1.07. The highest BCUT2D eigenvalue weighted by Gasteiger charge is 2.12. The molecule has 0 spiro atoms. The average molecular weight is 259 g/mol. The molecule has 0 aromatic carbocycles. The maximum atomic E-state index is 5.92. The van der Waals surface area contributed by atoms with E-state index in [0.717, 1.165) is 0 Å². The molecule has 96 valence electrons. The normalized spacial score (nSPS) is 10.9. The van der Waals surface area contributed by atoms with Crippen LogP contribution in [0.15, 0.2) is 0 Å². The van der Waals surface area contributed by atoms with Gasteiger partial charge in [-0.1, -0.05) is 0 Å². The first-order valence-corrected chi connectivity index (χ1v) is 5.92. The molecule has 0 unspecified atom stereocenters. The molecule has 0 bridgehead atoms. The summed E-state index contributed by atoms with van der Waals surface area (Å²) in [7, 11) is 1.90. The Labute approximate surface area is 107 Å². The zero-order chi connectivity index (χ0) is 13.0. The number of hydrogen-bond donors (Lipinski definition) is 1. The van der Waals surface area contributed by atoms with E-state index >= 15 is 0 Å². The van der Waals surface area contributed by atoms with Crippen LogP contribution < -0.4 is 10.6 Å². The zero-order valence-corrected chi connectivity index (χ0v) is 11.5. The number of rotatable bonds is 5. The van der Waals surface area contributed by atoms with Crippen molar-refractivity contribution in [2.75, 3.05) is 30.8 Å². The fraction of sp³-hybridized carbons (Fsp3) is 0.636. The molecule has 0 aliphatic heterocycles. The second kappa shape index (κ2) is 6.02. The molecule has 1 heterocycles. The Balaban J connectivity index is 2.71. The van der Waals surface area contributed by atoms with E-state index in [4.69, 9.17) is 22.1 Å². The summed E-state index contributed by atoms with van der Waals surface area (Å²) in [5.41, 5.74) is 7.17. The largest absolute Gasteiger partial charge is 0.394 e. The molecule has 17 heavy (non-hydrogen) atoms. The van der Waals surface area contributed by atoms with Gasteiger partial charge in [-0.3, -0.25) is 0 Å². The number of hydrogen-bond acceptors (Lipinski definition) is 5. The Morgan fingerprint density at radius 2 is 2.06 bits per heavy atom. The average Bonchev–Trinajstić information content (AvgIpc) is 2.22. The summed E-state index contributed by atoms with van der Waals surface area (Å²) in [5.74, 6) is 0.648. The van der Waals surface area contributed by atoms with Gasteiger partial charge in [-0.2, -0.15) is 4.98 Å². The predicted octanol–water partition coefficient (Wildman–Crippen LogP) is 1.88. The van der Waals surface area contributed by atoms with Crippen LogP contribution in [0.4, 0.5) is 11.5 Å². The smallest absolute Gasteiger partial charge is 0.224 e. The van der Waals surface area contributed by atoms with Crippen molar-refractivity contribution in [1.29, 1.82) is 0 Å². The highest BCUT2D eigenvalue weighted by molar-refractivity contribution is 6.28. The lowest BCUT2D eigenvalue weighted by atomic mass is 10.3. The molecule has 1 aromatic rings. The molecule has 0 amide bonds. The van der Waals surface area contributed by atoms with Gasteiger partial charge in [0.05, 0.1) is 24.1 Å². The van der Waals surface area contributed by atoms with E-state index in [1.54, 1.807) is 0 Å². The third-order valence-electron chi connectivity index (χ3n) is 2.33. The quantitative estimate of drug-likeness (QED) is 0.817. The minimum absolute atomic E-state index is 0.211.